The van der Waals surface area contributed by atoms with Crippen LogP contribution in [-0.4, -0.2) is 55.6 Å². The third kappa shape index (κ3) is 5.21. The van der Waals surface area contributed by atoms with Crippen molar-refractivity contribution in [2.75, 3.05) is 33.7 Å². The average Bonchev–Trinajstić information content (AvgIpc) is 2.53. The number of likely N-dealkylation sites (N-methyl/N-ethyl adjacent to an activating group) is 1. The molecule has 1 N–H and O–H groups in total. The van der Waals surface area contributed by atoms with Gasteiger partial charge in [0.05, 0.1) is 0 Å². The number of urea groups is 1. The van der Waals surface area contributed by atoms with Crippen LogP contribution >= 0.6 is 12.4 Å². The Morgan fingerprint density at radius 1 is 1.29 bits per heavy atom. The molecule has 0 bridgehead atoms. The number of piperidine rings is 1. The third-order valence-corrected chi connectivity index (χ3v) is 4.18. The van der Waals surface area contributed by atoms with Crippen LogP contribution in [0, 0.1) is 0 Å². The van der Waals surface area contributed by atoms with Crippen LogP contribution in [0.5, 0.6) is 0 Å². The summed E-state index contributed by atoms with van der Waals surface area (Å²) in [6.07, 6.45) is 3.23. The van der Waals surface area contributed by atoms with Crippen LogP contribution in [0.15, 0.2) is 30.3 Å². The Morgan fingerprint density at radius 3 is 2.48 bits per heavy atom. The van der Waals surface area contributed by atoms with Crippen molar-refractivity contribution in [1.82, 2.24) is 15.1 Å². The van der Waals surface area contributed by atoms with E-state index in [4.69, 9.17) is 0 Å². The summed E-state index contributed by atoms with van der Waals surface area (Å²) in [6, 6.07) is 11.3. The lowest BCUT2D eigenvalue weighted by Crippen LogP contribution is -2.48. The Morgan fingerprint density at radius 2 is 1.90 bits per heavy atom. The number of amides is 2. The van der Waals surface area contributed by atoms with Gasteiger partial charge < -0.3 is 15.1 Å². The normalized spacial score (nSPS) is 15.7. The zero-order chi connectivity index (χ0) is 14.4. The zero-order valence-corrected chi connectivity index (χ0v) is 13.7. The van der Waals surface area contributed by atoms with Gasteiger partial charge in [-0.25, -0.2) is 4.79 Å². The Bertz CT molecular complexity index is 419. The van der Waals surface area contributed by atoms with Crippen molar-refractivity contribution in [1.29, 1.82) is 0 Å². The summed E-state index contributed by atoms with van der Waals surface area (Å²) in [4.78, 5) is 15.9. The highest BCUT2D eigenvalue weighted by Crippen LogP contribution is 2.16. The second kappa shape index (κ2) is 8.90. The van der Waals surface area contributed by atoms with E-state index in [1.54, 1.807) is 7.05 Å². The molecule has 1 aromatic carbocycles. The third-order valence-electron chi connectivity index (χ3n) is 4.18. The predicted octanol–water partition coefficient (Wildman–Crippen LogP) is 2.39. The van der Waals surface area contributed by atoms with E-state index in [2.05, 4.69) is 47.6 Å². The van der Waals surface area contributed by atoms with Crippen molar-refractivity contribution in [2.24, 2.45) is 0 Å². The molecule has 0 spiro atoms. The van der Waals surface area contributed by atoms with E-state index >= 15 is 0 Å². The number of carbonyl (C=O) groups excluding carboxylic acids is 1. The van der Waals surface area contributed by atoms with Crippen LogP contribution < -0.4 is 5.32 Å². The number of carbonyl (C=O) groups is 1. The van der Waals surface area contributed by atoms with E-state index in [1.807, 2.05) is 4.90 Å². The Hall–Kier alpha value is -1.26. The SMILES string of the molecule is CNC(=O)N1CCC(N(C)CCc2ccccc2)CC1.Cl. The smallest absolute Gasteiger partial charge is 0.317 e. The molecule has 1 aliphatic heterocycles. The molecule has 4 nitrogen and oxygen atoms in total. The van der Waals surface area contributed by atoms with Gasteiger partial charge in [0.2, 0.25) is 0 Å². The van der Waals surface area contributed by atoms with E-state index in [0.29, 0.717) is 6.04 Å². The van der Waals surface area contributed by atoms with Crippen LogP contribution in [0.4, 0.5) is 4.79 Å². The topological polar surface area (TPSA) is 35.6 Å². The monoisotopic (exact) mass is 311 g/mol. The van der Waals surface area contributed by atoms with Crippen molar-refractivity contribution in [3.05, 3.63) is 35.9 Å². The number of halogens is 1. The molecule has 1 fully saturated rings. The molecule has 1 aromatic rings. The molecular formula is C16H26ClN3O. The minimum absolute atomic E-state index is 0. The van der Waals surface area contributed by atoms with Gasteiger partial charge in [-0.15, -0.1) is 12.4 Å². The highest BCUT2D eigenvalue weighted by molar-refractivity contribution is 5.85. The first-order valence-corrected chi connectivity index (χ1v) is 7.41. The number of benzene rings is 1. The van der Waals surface area contributed by atoms with E-state index < -0.39 is 0 Å². The van der Waals surface area contributed by atoms with Crippen molar-refractivity contribution in [2.45, 2.75) is 25.3 Å². The van der Waals surface area contributed by atoms with E-state index in [1.165, 1.54) is 5.56 Å². The minimum Gasteiger partial charge on any atom is -0.341 e. The molecule has 21 heavy (non-hydrogen) atoms. The minimum atomic E-state index is 0. The molecule has 0 aliphatic carbocycles. The highest BCUT2D eigenvalue weighted by Gasteiger charge is 2.24. The quantitative estimate of drug-likeness (QED) is 0.927. The van der Waals surface area contributed by atoms with Crippen LogP contribution in [0.3, 0.4) is 0 Å². The second-order valence-corrected chi connectivity index (χ2v) is 5.49. The molecular weight excluding hydrogens is 286 g/mol. The molecule has 5 heteroatoms. The summed E-state index contributed by atoms with van der Waals surface area (Å²) < 4.78 is 0. The van der Waals surface area contributed by atoms with Gasteiger partial charge in [-0.1, -0.05) is 30.3 Å². The van der Waals surface area contributed by atoms with Crippen molar-refractivity contribution in [3.63, 3.8) is 0 Å². The highest BCUT2D eigenvalue weighted by atomic mass is 35.5. The Balaban J connectivity index is 0.00000220. The fourth-order valence-electron chi connectivity index (χ4n) is 2.80. The van der Waals surface area contributed by atoms with Crippen molar-refractivity contribution in [3.8, 4) is 0 Å². The molecule has 0 radical (unpaired) electrons. The molecule has 0 unspecified atom stereocenters. The lowest BCUT2D eigenvalue weighted by Gasteiger charge is -2.36. The van der Waals surface area contributed by atoms with Crippen molar-refractivity contribution >= 4 is 18.4 Å². The molecule has 0 atom stereocenters. The molecule has 0 aromatic heterocycles. The van der Waals surface area contributed by atoms with Gasteiger partial charge in [0.25, 0.3) is 0 Å². The lowest BCUT2D eigenvalue weighted by atomic mass is 10.0. The molecule has 0 saturated carbocycles. The maximum absolute atomic E-state index is 11.6. The lowest BCUT2D eigenvalue weighted by molar-refractivity contribution is 0.136. The number of nitrogens with one attached hydrogen (secondary N) is 1. The number of rotatable bonds is 4. The second-order valence-electron chi connectivity index (χ2n) is 5.49. The molecule has 1 heterocycles. The van der Waals surface area contributed by atoms with Gasteiger partial charge in [-0.2, -0.15) is 0 Å². The fraction of sp³-hybridized carbons (Fsp3) is 0.562. The first-order chi connectivity index (χ1) is 9.70. The number of hydrogen-bond acceptors (Lipinski definition) is 2. The number of hydrogen-bond donors (Lipinski definition) is 1. The van der Waals surface area contributed by atoms with Crippen LogP contribution in [0.25, 0.3) is 0 Å². The molecule has 2 amide bonds. The molecule has 118 valence electrons. The van der Waals surface area contributed by atoms with Crippen molar-refractivity contribution < 1.29 is 4.79 Å². The van der Waals surface area contributed by atoms with Gasteiger partial charge in [0, 0.05) is 32.7 Å². The van der Waals surface area contributed by atoms with Crippen LogP contribution in [-0.2, 0) is 6.42 Å². The largest absolute Gasteiger partial charge is 0.341 e. The van der Waals surface area contributed by atoms with Gasteiger partial charge in [-0.3, -0.25) is 0 Å². The first kappa shape index (κ1) is 17.8. The number of nitrogens with zero attached hydrogens (tertiary/aromatic N) is 2. The summed E-state index contributed by atoms with van der Waals surface area (Å²) >= 11 is 0. The van der Waals surface area contributed by atoms with Crippen LogP contribution in [0.1, 0.15) is 18.4 Å². The summed E-state index contributed by atoms with van der Waals surface area (Å²) in [5.41, 5.74) is 1.39. The van der Waals surface area contributed by atoms with Gasteiger partial charge in [-0.05, 0) is 31.9 Å². The maximum atomic E-state index is 11.6. The van der Waals surface area contributed by atoms with E-state index in [-0.39, 0.29) is 18.4 Å². The molecule has 1 aliphatic rings. The standard InChI is InChI=1S/C16H25N3O.ClH/c1-17-16(20)19-12-9-15(10-13-19)18(2)11-8-14-6-4-3-5-7-14;/h3-7,15H,8-13H2,1-2H3,(H,17,20);1H. The van der Waals surface area contributed by atoms with Crippen LogP contribution in [0.2, 0.25) is 0 Å². The van der Waals surface area contributed by atoms with E-state index in [9.17, 15) is 4.79 Å². The first-order valence-electron chi connectivity index (χ1n) is 7.41. The average molecular weight is 312 g/mol. The zero-order valence-electron chi connectivity index (χ0n) is 12.9. The van der Waals surface area contributed by atoms with E-state index in [0.717, 1.165) is 38.9 Å². The fourth-order valence-corrected chi connectivity index (χ4v) is 2.80. The Kier molecular flexibility index (Phi) is 7.54. The summed E-state index contributed by atoms with van der Waals surface area (Å²) in [5, 5.41) is 2.70. The van der Waals surface area contributed by atoms with Gasteiger partial charge in [0.1, 0.15) is 0 Å². The van der Waals surface area contributed by atoms with Gasteiger partial charge in [0.15, 0.2) is 0 Å². The Labute approximate surface area is 133 Å². The number of likely N-dealkylation sites (tertiary alicyclic amines) is 1. The summed E-state index contributed by atoms with van der Waals surface area (Å²) in [6.45, 7) is 2.80. The molecule has 1 saturated heterocycles. The maximum Gasteiger partial charge on any atom is 0.317 e. The summed E-state index contributed by atoms with van der Waals surface area (Å²) in [7, 11) is 3.89. The molecule has 2 rings (SSSR count). The van der Waals surface area contributed by atoms with Gasteiger partial charge >= 0.3 is 6.03 Å². The predicted molar refractivity (Wildman–Crippen MR) is 89.1 cm³/mol. The summed E-state index contributed by atoms with van der Waals surface area (Å²) in [5.74, 6) is 0.